The second-order valence-electron chi connectivity index (χ2n) is 6.44. The number of fused-ring (bicyclic) bond motifs is 2. The molecule has 0 saturated heterocycles. The number of carbonyl (C=O) groups excluding carboxylic acids is 1. The van der Waals surface area contributed by atoms with Gasteiger partial charge in [0.2, 0.25) is 0 Å². The van der Waals surface area contributed by atoms with E-state index in [0.29, 0.717) is 0 Å². The molecule has 5 aromatic rings. The first-order chi connectivity index (χ1) is 14.0. The number of ketones is 1. The number of aromatic amines is 2. The summed E-state index contributed by atoms with van der Waals surface area (Å²) in [6, 6.07) is 13.9. The molecule has 0 fully saturated rings. The van der Waals surface area contributed by atoms with Gasteiger partial charge in [-0.25, -0.2) is 9.97 Å². The van der Waals surface area contributed by atoms with Crippen molar-refractivity contribution < 1.29 is 4.79 Å². The molecule has 144 valence electrons. The molecule has 0 bridgehead atoms. The topological polar surface area (TPSA) is 74.4 Å². The maximum Gasteiger partial charge on any atom is 0.161 e. The Bertz CT molecular complexity index is 1310. The third-order valence-corrected chi connectivity index (χ3v) is 5.51. The van der Waals surface area contributed by atoms with E-state index in [-0.39, 0.29) is 5.78 Å². The van der Waals surface area contributed by atoms with Gasteiger partial charge in [-0.1, -0.05) is 31.9 Å². The molecule has 0 aliphatic carbocycles. The van der Waals surface area contributed by atoms with Gasteiger partial charge in [-0.05, 0) is 49.4 Å². The minimum atomic E-state index is 0.0874. The molecule has 5 rings (SSSR count). The summed E-state index contributed by atoms with van der Waals surface area (Å²) in [5.74, 6) is 0.0874. The van der Waals surface area contributed by atoms with Crippen LogP contribution in [0.5, 0.6) is 0 Å². The van der Waals surface area contributed by atoms with Crippen LogP contribution in [0.15, 0.2) is 76.3 Å². The summed E-state index contributed by atoms with van der Waals surface area (Å²) in [6.45, 7) is 1.57. The van der Waals surface area contributed by atoms with Crippen molar-refractivity contribution in [1.29, 1.82) is 0 Å². The van der Waals surface area contributed by atoms with Crippen LogP contribution in [-0.2, 0) is 0 Å². The van der Waals surface area contributed by atoms with Crippen LogP contribution in [0.25, 0.3) is 33.1 Å². The molecule has 0 aliphatic heterocycles. The quantitative estimate of drug-likeness (QED) is 0.265. The fourth-order valence-corrected chi connectivity index (χ4v) is 3.86. The lowest BCUT2D eigenvalue weighted by atomic mass is 10.1. The third kappa shape index (κ3) is 4.16. The van der Waals surface area contributed by atoms with Gasteiger partial charge in [0.15, 0.2) is 5.78 Å². The van der Waals surface area contributed by atoms with E-state index in [4.69, 9.17) is 0 Å². The number of hydrogen-bond acceptors (Lipinski definition) is 3. The van der Waals surface area contributed by atoms with Gasteiger partial charge in [0.1, 0.15) is 6.33 Å². The zero-order valence-electron chi connectivity index (χ0n) is 15.4. The van der Waals surface area contributed by atoms with Crippen LogP contribution in [0.2, 0.25) is 0 Å². The zero-order chi connectivity index (χ0) is 20.4. The molecule has 5 nitrogen and oxygen atoms in total. The Morgan fingerprint density at radius 3 is 2.21 bits per heavy atom. The molecule has 0 atom stereocenters. The monoisotopic (exact) mass is 510 g/mol. The summed E-state index contributed by atoms with van der Waals surface area (Å²) >= 11 is 6.85. The lowest BCUT2D eigenvalue weighted by molar-refractivity contribution is 0.101. The Balaban J connectivity index is 0.000000145. The highest BCUT2D eigenvalue weighted by molar-refractivity contribution is 9.10. The van der Waals surface area contributed by atoms with Gasteiger partial charge in [-0.2, -0.15) is 0 Å². The first-order valence-corrected chi connectivity index (χ1v) is 10.4. The Morgan fingerprint density at radius 1 is 0.897 bits per heavy atom. The van der Waals surface area contributed by atoms with E-state index in [0.717, 1.165) is 47.6 Å². The highest BCUT2D eigenvalue weighted by atomic mass is 79.9. The van der Waals surface area contributed by atoms with Crippen LogP contribution < -0.4 is 0 Å². The number of nitrogens with one attached hydrogen (secondary N) is 2. The van der Waals surface area contributed by atoms with Gasteiger partial charge in [0, 0.05) is 60.5 Å². The van der Waals surface area contributed by atoms with Gasteiger partial charge in [-0.3, -0.25) is 4.79 Å². The van der Waals surface area contributed by atoms with E-state index in [1.54, 1.807) is 25.6 Å². The molecule has 29 heavy (non-hydrogen) atoms. The maximum atomic E-state index is 11.2. The van der Waals surface area contributed by atoms with Crippen LogP contribution >= 0.6 is 31.9 Å². The fraction of sp³-hybridized carbons (Fsp3) is 0.0455. The van der Waals surface area contributed by atoms with E-state index in [2.05, 4.69) is 57.9 Å². The molecule has 3 aromatic heterocycles. The lowest BCUT2D eigenvalue weighted by Crippen LogP contribution is -1.88. The number of halogens is 2. The lowest BCUT2D eigenvalue weighted by Gasteiger charge is -1.97. The third-order valence-electron chi connectivity index (χ3n) is 4.52. The van der Waals surface area contributed by atoms with Crippen molar-refractivity contribution in [2.75, 3.05) is 0 Å². The molecule has 0 unspecified atom stereocenters. The summed E-state index contributed by atoms with van der Waals surface area (Å²) in [6.07, 6.45) is 7.03. The average molecular weight is 512 g/mol. The van der Waals surface area contributed by atoms with Crippen molar-refractivity contribution >= 4 is 59.4 Å². The van der Waals surface area contributed by atoms with Gasteiger partial charge in [0.25, 0.3) is 0 Å². The van der Waals surface area contributed by atoms with Gasteiger partial charge < -0.3 is 9.97 Å². The number of benzene rings is 2. The van der Waals surface area contributed by atoms with Crippen LogP contribution in [0, 0.1) is 0 Å². The molecule has 0 spiro atoms. The van der Waals surface area contributed by atoms with Gasteiger partial charge in [0.05, 0.1) is 5.69 Å². The average Bonchev–Trinajstić information content (AvgIpc) is 3.32. The van der Waals surface area contributed by atoms with Crippen LogP contribution in [0.4, 0.5) is 0 Å². The highest BCUT2D eigenvalue weighted by Crippen LogP contribution is 2.29. The minimum Gasteiger partial charge on any atom is -0.360 e. The molecule has 0 saturated carbocycles. The SMILES string of the molecule is Brc1ccc2[nH]cc(-c3ccncn3)c2c1.CC(=O)c1c[nH]c2ccc(Br)cc12. The number of nitrogens with zero attached hydrogens (tertiary/aromatic N) is 2. The summed E-state index contributed by atoms with van der Waals surface area (Å²) in [7, 11) is 0. The number of Topliss-reactive ketones (excluding diaryl/α,β-unsaturated/α-hetero) is 1. The molecule has 2 aromatic carbocycles. The van der Waals surface area contributed by atoms with Crippen LogP contribution in [0.1, 0.15) is 17.3 Å². The first kappa shape index (κ1) is 19.5. The highest BCUT2D eigenvalue weighted by Gasteiger charge is 2.08. The molecular formula is C22H16Br2N4O. The van der Waals surface area contributed by atoms with Gasteiger partial charge in [-0.15, -0.1) is 0 Å². The maximum absolute atomic E-state index is 11.2. The summed E-state index contributed by atoms with van der Waals surface area (Å²) in [5.41, 5.74) is 4.87. The summed E-state index contributed by atoms with van der Waals surface area (Å²) in [5, 5.41) is 2.13. The molecule has 0 amide bonds. The second-order valence-corrected chi connectivity index (χ2v) is 8.27. The van der Waals surface area contributed by atoms with Crippen molar-refractivity contribution in [3.8, 4) is 11.3 Å². The molecule has 7 heteroatoms. The molecule has 3 heterocycles. The van der Waals surface area contributed by atoms with E-state index in [1.165, 1.54) is 0 Å². The minimum absolute atomic E-state index is 0.0874. The van der Waals surface area contributed by atoms with Crippen LogP contribution in [-0.4, -0.2) is 25.7 Å². The van der Waals surface area contributed by atoms with Crippen molar-refractivity contribution in [2.45, 2.75) is 6.92 Å². The Labute approximate surface area is 183 Å². The van der Waals surface area contributed by atoms with Gasteiger partial charge >= 0.3 is 0 Å². The van der Waals surface area contributed by atoms with E-state index in [9.17, 15) is 4.79 Å². The largest absolute Gasteiger partial charge is 0.360 e. The number of hydrogen-bond donors (Lipinski definition) is 2. The fourth-order valence-electron chi connectivity index (χ4n) is 3.14. The van der Waals surface area contributed by atoms with E-state index in [1.807, 2.05) is 42.6 Å². The molecule has 0 radical (unpaired) electrons. The van der Waals surface area contributed by atoms with Crippen molar-refractivity contribution in [2.24, 2.45) is 0 Å². The standard InChI is InChI=1S/C12H8BrN3.C10H8BrNO/c13-8-1-2-11-9(5-8)10(6-15-11)12-3-4-14-7-16-12;1-6(13)9-5-12-10-3-2-7(11)4-8(9)10/h1-7,15H;2-5,12H,1H3. The summed E-state index contributed by atoms with van der Waals surface area (Å²) < 4.78 is 2.05. The zero-order valence-corrected chi connectivity index (χ0v) is 18.6. The normalized spacial score (nSPS) is 10.7. The number of H-pyrrole nitrogens is 2. The Kier molecular flexibility index (Phi) is 5.60. The predicted octanol–water partition coefficient (Wildman–Crippen LogP) is 6.52. The smallest absolute Gasteiger partial charge is 0.161 e. The molecule has 0 aliphatic rings. The Morgan fingerprint density at radius 2 is 1.55 bits per heavy atom. The molecule has 2 N–H and O–H groups in total. The number of rotatable bonds is 2. The van der Waals surface area contributed by atoms with Crippen molar-refractivity contribution in [3.63, 3.8) is 0 Å². The second kappa shape index (κ2) is 8.31. The van der Waals surface area contributed by atoms with Crippen molar-refractivity contribution in [1.82, 2.24) is 19.9 Å². The van der Waals surface area contributed by atoms with E-state index < -0.39 is 0 Å². The van der Waals surface area contributed by atoms with E-state index >= 15 is 0 Å². The first-order valence-electron chi connectivity index (χ1n) is 8.83. The summed E-state index contributed by atoms with van der Waals surface area (Å²) in [4.78, 5) is 25.7. The van der Waals surface area contributed by atoms with Crippen molar-refractivity contribution in [3.05, 3.63) is 81.9 Å². The Hall–Kier alpha value is -2.77. The van der Waals surface area contributed by atoms with Crippen LogP contribution in [0.3, 0.4) is 0 Å². The predicted molar refractivity (Wildman–Crippen MR) is 123 cm³/mol. The molecular weight excluding hydrogens is 496 g/mol. The number of aromatic nitrogens is 4. The number of carbonyl (C=O) groups is 1.